The first kappa shape index (κ1) is 20.4. The molecular formula is C15H22IN5O2S. The van der Waals surface area contributed by atoms with Crippen molar-refractivity contribution in [2.45, 2.75) is 13.3 Å². The van der Waals surface area contributed by atoms with Crippen molar-refractivity contribution in [1.82, 2.24) is 20.9 Å². The molecule has 2 rings (SSSR count). The fourth-order valence-electron chi connectivity index (χ4n) is 1.90. The molecular weight excluding hydrogens is 441 g/mol. The van der Waals surface area contributed by atoms with Crippen LogP contribution >= 0.6 is 35.3 Å². The third kappa shape index (κ3) is 6.87. The van der Waals surface area contributed by atoms with Crippen LogP contribution < -0.4 is 16.0 Å². The van der Waals surface area contributed by atoms with Crippen molar-refractivity contribution in [2.24, 2.45) is 4.99 Å². The van der Waals surface area contributed by atoms with E-state index < -0.39 is 0 Å². The molecule has 0 unspecified atom stereocenters. The zero-order valence-corrected chi connectivity index (χ0v) is 16.8. The molecule has 0 radical (unpaired) electrons. The fraction of sp³-hybridized carbons (Fsp3) is 0.400. The first-order chi connectivity index (χ1) is 11.2. The number of thiazole rings is 1. The summed E-state index contributed by atoms with van der Waals surface area (Å²) in [5, 5.41) is 12.3. The highest BCUT2D eigenvalue weighted by molar-refractivity contribution is 14.0. The first-order valence-electron chi connectivity index (χ1n) is 7.36. The molecule has 9 heteroatoms. The van der Waals surface area contributed by atoms with Gasteiger partial charge in [0, 0.05) is 38.5 Å². The Balaban J connectivity index is 0.00000288. The third-order valence-corrected chi connectivity index (χ3v) is 3.83. The Hall–Kier alpha value is -1.62. The number of aliphatic imine (C=N–C) groups is 1. The Morgan fingerprint density at radius 3 is 2.67 bits per heavy atom. The van der Waals surface area contributed by atoms with Crippen molar-refractivity contribution in [1.29, 1.82) is 0 Å². The molecule has 7 nitrogen and oxygen atoms in total. The maximum Gasteiger partial charge on any atom is 0.287 e. The lowest BCUT2D eigenvalue weighted by Gasteiger charge is -2.11. The van der Waals surface area contributed by atoms with Gasteiger partial charge in [0.1, 0.15) is 0 Å². The predicted octanol–water partition coefficient (Wildman–Crippen LogP) is 1.80. The third-order valence-electron chi connectivity index (χ3n) is 3.01. The smallest absolute Gasteiger partial charge is 0.287 e. The summed E-state index contributed by atoms with van der Waals surface area (Å²) in [5.74, 6) is 0.786. The Bertz CT molecular complexity index is 642. The molecule has 0 saturated carbocycles. The molecule has 2 aromatic heterocycles. The molecule has 24 heavy (non-hydrogen) atoms. The number of furan rings is 1. The molecule has 1 amide bonds. The van der Waals surface area contributed by atoms with Gasteiger partial charge < -0.3 is 20.4 Å². The number of aromatic nitrogens is 1. The number of rotatable bonds is 7. The summed E-state index contributed by atoms with van der Waals surface area (Å²) in [4.78, 5) is 20.2. The lowest BCUT2D eigenvalue weighted by molar-refractivity contribution is 0.0926. The van der Waals surface area contributed by atoms with Crippen LogP contribution in [0.1, 0.15) is 21.3 Å². The first-order valence-corrected chi connectivity index (χ1v) is 8.24. The number of hydrogen-bond donors (Lipinski definition) is 3. The Kier molecular flexibility index (Phi) is 9.38. The van der Waals surface area contributed by atoms with Gasteiger partial charge in [-0.3, -0.25) is 9.79 Å². The molecule has 0 saturated heterocycles. The minimum absolute atomic E-state index is 0. The van der Waals surface area contributed by atoms with E-state index in [2.05, 4.69) is 31.3 Å². The zero-order valence-electron chi connectivity index (χ0n) is 13.7. The molecule has 0 spiro atoms. The summed E-state index contributed by atoms with van der Waals surface area (Å²) in [6.45, 7) is 3.80. The lowest BCUT2D eigenvalue weighted by atomic mass is 10.3. The average Bonchev–Trinajstić information content (AvgIpc) is 3.21. The van der Waals surface area contributed by atoms with Crippen molar-refractivity contribution < 1.29 is 9.21 Å². The number of amides is 1. The van der Waals surface area contributed by atoms with Gasteiger partial charge in [0.25, 0.3) is 5.91 Å². The van der Waals surface area contributed by atoms with Crippen LogP contribution in [0.15, 0.2) is 33.2 Å². The second-order valence-corrected chi connectivity index (χ2v) is 5.83. The van der Waals surface area contributed by atoms with Gasteiger partial charge in [0.05, 0.1) is 17.0 Å². The molecule has 0 aromatic carbocycles. The number of carbonyl (C=O) groups excluding carboxylic acids is 1. The molecule has 2 heterocycles. The highest BCUT2D eigenvalue weighted by Gasteiger charge is 2.06. The second-order valence-electron chi connectivity index (χ2n) is 4.77. The molecule has 2 aromatic rings. The quantitative estimate of drug-likeness (QED) is 0.252. The number of aryl methyl sites for hydroxylation is 1. The van der Waals surface area contributed by atoms with E-state index in [1.807, 2.05) is 6.92 Å². The molecule has 0 aliphatic heterocycles. The molecule has 3 N–H and O–H groups in total. The van der Waals surface area contributed by atoms with Gasteiger partial charge in [0.2, 0.25) is 0 Å². The lowest BCUT2D eigenvalue weighted by Crippen LogP contribution is -2.42. The van der Waals surface area contributed by atoms with E-state index in [-0.39, 0.29) is 29.9 Å². The van der Waals surface area contributed by atoms with Gasteiger partial charge in [-0.15, -0.1) is 35.3 Å². The summed E-state index contributed by atoms with van der Waals surface area (Å²) < 4.78 is 5.02. The summed E-state index contributed by atoms with van der Waals surface area (Å²) in [5.41, 5.74) is 1.08. The monoisotopic (exact) mass is 463 g/mol. The van der Waals surface area contributed by atoms with E-state index in [0.29, 0.717) is 24.8 Å². The summed E-state index contributed by atoms with van der Waals surface area (Å²) in [6, 6.07) is 3.31. The second kappa shape index (κ2) is 11.0. The van der Waals surface area contributed by atoms with Gasteiger partial charge in [-0.05, 0) is 19.1 Å². The van der Waals surface area contributed by atoms with E-state index >= 15 is 0 Å². The highest BCUT2D eigenvalue weighted by Crippen LogP contribution is 2.07. The largest absolute Gasteiger partial charge is 0.459 e. The number of nitrogens with zero attached hydrogens (tertiary/aromatic N) is 2. The molecule has 0 bridgehead atoms. The Morgan fingerprint density at radius 1 is 1.29 bits per heavy atom. The maximum atomic E-state index is 11.7. The number of guanidine groups is 1. The summed E-state index contributed by atoms with van der Waals surface area (Å²) in [7, 11) is 1.71. The summed E-state index contributed by atoms with van der Waals surface area (Å²) >= 11 is 1.65. The standard InChI is InChI=1S/C15H21N5O2S.HI/c1-11-20-12(10-23-11)5-6-18-15(16-2)19-8-7-17-14(21)13-4-3-9-22-13;/h3-4,9-10H,5-8H2,1-2H3,(H,17,21)(H2,16,18,19);1H. The summed E-state index contributed by atoms with van der Waals surface area (Å²) in [6.07, 6.45) is 2.32. The highest BCUT2D eigenvalue weighted by atomic mass is 127. The Morgan fingerprint density at radius 2 is 2.04 bits per heavy atom. The van der Waals surface area contributed by atoms with Crippen LogP contribution in [0.5, 0.6) is 0 Å². The molecule has 0 aliphatic carbocycles. The minimum atomic E-state index is -0.223. The fourth-order valence-corrected chi connectivity index (χ4v) is 2.55. The normalized spacial score (nSPS) is 10.8. The van der Waals surface area contributed by atoms with Gasteiger partial charge in [-0.25, -0.2) is 4.98 Å². The molecule has 0 fully saturated rings. The average molecular weight is 463 g/mol. The number of hydrogen-bond acceptors (Lipinski definition) is 5. The van der Waals surface area contributed by atoms with Crippen LogP contribution in [0.2, 0.25) is 0 Å². The Labute approximate surface area is 162 Å². The number of halogens is 1. The van der Waals surface area contributed by atoms with E-state index in [4.69, 9.17) is 4.42 Å². The van der Waals surface area contributed by atoms with Crippen LogP contribution in [-0.4, -0.2) is 43.5 Å². The van der Waals surface area contributed by atoms with Gasteiger partial charge in [-0.1, -0.05) is 0 Å². The molecule has 0 atom stereocenters. The van der Waals surface area contributed by atoms with Crippen molar-refractivity contribution in [2.75, 3.05) is 26.7 Å². The molecule has 0 aliphatic rings. The van der Waals surface area contributed by atoms with Crippen LogP contribution in [-0.2, 0) is 6.42 Å². The van der Waals surface area contributed by atoms with Gasteiger partial charge in [-0.2, -0.15) is 0 Å². The van der Waals surface area contributed by atoms with Gasteiger partial charge in [0.15, 0.2) is 11.7 Å². The van der Waals surface area contributed by atoms with E-state index in [9.17, 15) is 4.79 Å². The maximum absolute atomic E-state index is 11.7. The van der Waals surface area contributed by atoms with Gasteiger partial charge >= 0.3 is 0 Å². The van der Waals surface area contributed by atoms with Crippen molar-refractivity contribution >= 4 is 47.2 Å². The topological polar surface area (TPSA) is 91.5 Å². The van der Waals surface area contributed by atoms with Crippen molar-refractivity contribution in [3.8, 4) is 0 Å². The number of carbonyl (C=O) groups is 1. The predicted molar refractivity (Wildman–Crippen MR) is 106 cm³/mol. The zero-order chi connectivity index (χ0) is 16.5. The van der Waals surface area contributed by atoms with Crippen LogP contribution in [0.3, 0.4) is 0 Å². The van der Waals surface area contributed by atoms with Crippen molar-refractivity contribution in [3.63, 3.8) is 0 Å². The van der Waals surface area contributed by atoms with Crippen LogP contribution in [0.25, 0.3) is 0 Å². The number of nitrogens with one attached hydrogen (secondary N) is 3. The van der Waals surface area contributed by atoms with E-state index in [0.717, 1.165) is 23.7 Å². The molecule has 132 valence electrons. The van der Waals surface area contributed by atoms with E-state index in [1.165, 1.54) is 6.26 Å². The van der Waals surface area contributed by atoms with E-state index in [1.54, 1.807) is 30.5 Å². The SMILES string of the molecule is CN=C(NCCNC(=O)c1ccco1)NCCc1csc(C)n1.I. The minimum Gasteiger partial charge on any atom is -0.459 e. The van der Waals surface area contributed by atoms with Crippen LogP contribution in [0.4, 0.5) is 0 Å². The van der Waals surface area contributed by atoms with Crippen LogP contribution in [0, 0.1) is 6.92 Å². The van der Waals surface area contributed by atoms with Crippen molar-refractivity contribution in [3.05, 3.63) is 40.2 Å².